The van der Waals surface area contributed by atoms with Crippen LogP contribution in [0, 0.1) is 12.8 Å². The van der Waals surface area contributed by atoms with Gasteiger partial charge in [0.15, 0.2) is 0 Å². The summed E-state index contributed by atoms with van der Waals surface area (Å²) in [5.74, 6) is 0.0203. The smallest absolute Gasteiger partial charge is 0.145 e. The minimum Gasteiger partial charge on any atom is -0.375 e. The molecule has 0 bridgehead atoms. The van der Waals surface area contributed by atoms with Crippen molar-refractivity contribution >= 4 is 28.8 Å². The Hall–Kier alpha value is -3.04. The fraction of sp³-hybridized carbons (Fsp3) is 0.192. The highest BCUT2D eigenvalue weighted by atomic mass is 35.5. The molecule has 5 rings (SSSR count). The topological polar surface area (TPSA) is 41.1 Å². The third kappa shape index (κ3) is 3.50. The van der Waals surface area contributed by atoms with Crippen LogP contribution in [0.4, 0.5) is 11.4 Å². The van der Waals surface area contributed by atoms with Crippen molar-refractivity contribution in [1.82, 2.24) is 0 Å². The van der Waals surface area contributed by atoms with E-state index in [1.807, 2.05) is 42.5 Å². The Bertz CT molecular complexity index is 1120. The van der Waals surface area contributed by atoms with Crippen molar-refractivity contribution in [3.05, 3.63) is 106 Å². The average Bonchev–Trinajstić information content (AvgIpc) is 2.91. The molecule has 0 fully saturated rings. The quantitative estimate of drug-likeness (QED) is 0.504. The van der Waals surface area contributed by atoms with Gasteiger partial charge in [-0.05, 0) is 42.3 Å². The van der Waals surface area contributed by atoms with E-state index in [1.54, 1.807) is 0 Å². The highest BCUT2D eigenvalue weighted by Crippen LogP contribution is 2.44. The SMILES string of the molecule is Cc1ccc([C@@H]2Nc3ccccc3NC3=C[C@H](c4ccc(Cl)cc4)CC(=O)[C@H]32)cc1. The van der Waals surface area contributed by atoms with Gasteiger partial charge < -0.3 is 10.6 Å². The lowest BCUT2D eigenvalue weighted by molar-refractivity contribution is -0.122. The van der Waals surface area contributed by atoms with Crippen molar-refractivity contribution in [2.24, 2.45) is 5.92 Å². The molecule has 3 nitrogen and oxygen atoms in total. The molecular weight excluding hydrogens is 392 g/mol. The van der Waals surface area contributed by atoms with Crippen LogP contribution >= 0.6 is 11.6 Å². The predicted octanol–water partition coefficient (Wildman–Crippen LogP) is 6.48. The van der Waals surface area contributed by atoms with Gasteiger partial charge in [0.1, 0.15) is 5.78 Å². The number of hydrogen-bond acceptors (Lipinski definition) is 3. The lowest BCUT2D eigenvalue weighted by Gasteiger charge is -2.32. The van der Waals surface area contributed by atoms with Crippen molar-refractivity contribution in [3.63, 3.8) is 0 Å². The molecule has 0 radical (unpaired) electrons. The number of benzene rings is 3. The first kappa shape index (κ1) is 19.0. The molecule has 2 aliphatic rings. The van der Waals surface area contributed by atoms with Gasteiger partial charge in [0.25, 0.3) is 0 Å². The molecule has 1 aliphatic heterocycles. The van der Waals surface area contributed by atoms with E-state index >= 15 is 0 Å². The van der Waals surface area contributed by atoms with Gasteiger partial charge in [0.2, 0.25) is 0 Å². The second kappa shape index (κ2) is 7.66. The van der Waals surface area contributed by atoms with E-state index < -0.39 is 0 Å². The zero-order chi connectivity index (χ0) is 20.7. The van der Waals surface area contributed by atoms with Crippen LogP contribution in [-0.2, 0) is 4.79 Å². The Morgan fingerprint density at radius 1 is 0.867 bits per heavy atom. The second-order valence-corrected chi connectivity index (χ2v) is 8.57. The van der Waals surface area contributed by atoms with Crippen LogP contribution in [-0.4, -0.2) is 5.78 Å². The minimum absolute atomic E-state index is 0.0393. The molecule has 0 saturated carbocycles. The number of Topliss-reactive ketones (excluding diaryl/α,β-unsaturated/α-hetero) is 1. The third-order valence-corrected chi connectivity index (χ3v) is 6.32. The van der Waals surface area contributed by atoms with Gasteiger partial charge in [-0.2, -0.15) is 0 Å². The summed E-state index contributed by atoms with van der Waals surface area (Å²) >= 11 is 6.06. The minimum atomic E-state index is -0.261. The van der Waals surface area contributed by atoms with Crippen LogP contribution in [0.2, 0.25) is 5.02 Å². The number of hydrogen-bond donors (Lipinski definition) is 2. The highest BCUT2D eigenvalue weighted by molar-refractivity contribution is 6.30. The number of para-hydroxylation sites is 2. The standard InChI is InChI=1S/C26H23ClN2O/c1-16-6-8-18(9-7-16)26-25-23(28-21-4-2-3-5-22(21)29-26)14-19(15-24(25)30)17-10-12-20(27)13-11-17/h2-14,19,25-26,28-29H,15H2,1H3/t19-,25-,26-/m0/s1. The van der Waals surface area contributed by atoms with Crippen LogP contribution < -0.4 is 10.6 Å². The summed E-state index contributed by atoms with van der Waals surface area (Å²) in [6.45, 7) is 2.08. The first-order valence-corrected chi connectivity index (χ1v) is 10.7. The van der Waals surface area contributed by atoms with Gasteiger partial charge in [-0.25, -0.2) is 0 Å². The monoisotopic (exact) mass is 414 g/mol. The normalized spacial score (nSPS) is 22.7. The molecule has 4 heteroatoms. The number of carbonyl (C=O) groups is 1. The fourth-order valence-corrected chi connectivity index (χ4v) is 4.61. The number of aryl methyl sites for hydroxylation is 1. The van der Waals surface area contributed by atoms with Gasteiger partial charge >= 0.3 is 0 Å². The summed E-state index contributed by atoms with van der Waals surface area (Å²) < 4.78 is 0. The maximum absolute atomic E-state index is 13.5. The van der Waals surface area contributed by atoms with E-state index in [2.05, 4.69) is 54.0 Å². The molecular formula is C26H23ClN2O. The number of fused-ring (bicyclic) bond motifs is 2. The van der Waals surface area contributed by atoms with Gasteiger partial charge in [0.05, 0.1) is 23.3 Å². The maximum atomic E-state index is 13.5. The van der Waals surface area contributed by atoms with Gasteiger partial charge in [-0.3, -0.25) is 4.79 Å². The highest BCUT2D eigenvalue weighted by Gasteiger charge is 2.39. The van der Waals surface area contributed by atoms with E-state index in [0.29, 0.717) is 11.4 Å². The Kier molecular flexibility index (Phi) is 4.84. The molecule has 0 unspecified atom stereocenters. The lowest BCUT2D eigenvalue weighted by Crippen LogP contribution is -2.33. The summed E-state index contributed by atoms with van der Waals surface area (Å²) in [5, 5.41) is 7.92. The summed E-state index contributed by atoms with van der Waals surface area (Å²) in [4.78, 5) is 13.5. The van der Waals surface area contributed by atoms with Crippen LogP contribution in [0.15, 0.2) is 84.6 Å². The molecule has 0 saturated heterocycles. The van der Waals surface area contributed by atoms with Crippen LogP contribution in [0.1, 0.15) is 35.1 Å². The molecule has 0 aromatic heterocycles. The van der Waals surface area contributed by atoms with Gasteiger partial charge in [-0.15, -0.1) is 0 Å². The number of nitrogens with one attached hydrogen (secondary N) is 2. The Balaban J connectivity index is 1.61. The molecule has 0 amide bonds. The van der Waals surface area contributed by atoms with E-state index in [4.69, 9.17) is 11.6 Å². The maximum Gasteiger partial charge on any atom is 0.145 e. The molecule has 1 heterocycles. The Morgan fingerprint density at radius 2 is 1.53 bits per heavy atom. The molecule has 2 N–H and O–H groups in total. The van der Waals surface area contributed by atoms with Gasteiger partial charge in [0, 0.05) is 23.1 Å². The average molecular weight is 415 g/mol. The third-order valence-electron chi connectivity index (χ3n) is 6.07. The van der Waals surface area contributed by atoms with Crippen molar-refractivity contribution in [2.45, 2.75) is 25.3 Å². The second-order valence-electron chi connectivity index (χ2n) is 8.13. The Labute approximate surface area is 181 Å². The predicted molar refractivity (Wildman–Crippen MR) is 123 cm³/mol. The van der Waals surface area contributed by atoms with E-state index in [9.17, 15) is 4.79 Å². The van der Waals surface area contributed by atoms with E-state index in [0.717, 1.165) is 28.2 Å². The molecule has 3 aromatic rings. The summed E-state index contributed by atoms with van der Waals surface area (Å²) in [6, 6.07) is 24.3. The zero-order valence-electron chi connectivity index (χ0n) is 16.7. The largest absolute Gasteiger partial charge is 0.375 e. The summed E-state index contributed by atoms with van der Waals surface area (Å²) in [5.41, 5.74) is 6.40. The molecule has 3 atom stereocenters. The number of anilines is 2. The van der Waals surface area contributed by atoms with Gasteiger partial charge in [-0.1, -0.05) is 71.8 Å². The molecule has 0 spiro atoms. The van der Waals surface area contributed by atoms with Crippen LogP contribution in [0.5, 0.6) is 0 Å². The first-order valence-electron chi connectivity index (χ1n) is 10.3. The first-order chi connectivity index (χ1) is 14.6. The van der Waals surface area contributed by atoms with Crippen molar-refractivity contribution in [2.75, 3.05) is 10.6 Å². The number of allylic oxidation sites excluding steroid dienone is 1. The lowest BCUT2D eigenvalue weighted by atomic mass is 9.76. The molecule has 30 heavy (non-hydrogen) atoms. The van der Waals surface area contributed by atoms with E-state index in [-0.39, 0.29) is 23.7 Å². The zero-order valence-corrected chi connectivity index (χ0v) is 17.5. The summed E-state index contributed by atoms with van der Waals surface area (Å²) in [7, 11) is 0. The number of ketones is 1. The van der Waals surface area contributed by atoms with E-state index in [1.165, 1.54) is 5.56 Å². The van der Waals surface area contributed by atoms with Crippen LogP contribution in [0.3, 0.4) is 0 Å². The van der Waals surface area contributed by atoms with Crippen molar-refractivity contribution in [3.8, 4) is 0 Å². The molecule has 3 aromatic carbocycles. The molecule has 150 valence electrons. The van der Waals surface area contributed by atoms with Crippen LogP contribution in [0.25, 0.3) is 0 Å². The van der Waals surface area contributed by atoms with Crippen molar-refractivity contribution < 1.29 is 4.79 Å². The fourth-order valence-electron chi connectivity index (χ4n) is 4.48. The summed E-state index contributed by atoms with van der Waals surface area (Å²) in [6.07, 6.45) is 2.71. The Morgan fingerprint density at radius 3 is 2.27 bits per heavy atom. The van der Waals surface area contributed by atoms with Crippen molar-refractivity contribution in [1.29, 1.82) is 0 Å². The molecule has 1 aliphatic carbocycles. The number of carbonyl (C=O) groups excluding carboxylic acids is 1. The number of rotatable bonds is 2. The number of halogens is 1.